The molecule has 1 N–H and O–H groups in total. The van der Waals surface area contributed by atoms with Crippen LogP contribution in [0.1, 0.15) is 131 Å². The van der Waals surface area contributed by atoms with Gasteiger partial charge in [-0.2, -0.15) is 0 Å². The van der Waals surface area contributed by atoms with Crippen molar-refractivity contribution in [2.75, 3.05) is 0 Å². The summed E-state index contributed by atoms with van der Waals surface area (Å²) in [5.41, 5.74) is 0.872. The first-order chi connectivity index (χ1) is 16.5. The quantitative estimate of drug-likeness (QED) is 0.280. The largest absolute Gasteiger partial charge is 0.481 e. The minimum Gasteiger partial charge on any atom is -0.481 e. The number of hydrogen-bond donors (Lipinski definition) is 1. The highest BCUT2D eigenvalue weighted by atomic mass is 16.5. The molecule has 0 aliphatic heterocycles. The van der Waals surface area contributed by atoms with Gasteiger partial charge in [0, 0.05) is 0 Å². The topological polar surface area (TPSA) is 63.6 Å². The molecule has 0 radical (unpaired) electrons. The van der Waals surface area contributed by atoms with E-state index < -0.39 is 5.97 Å². The van der Waals surface area contributed by atoms with Crippen LogP contribution < -0.4 is 0 Å². The molecule has 0 heterocycles. The molecule has 8 atom stereocenters. The molecule has 0 aromatic carbocycles. The Morgan fingerprint density at radius 2 is 1.66 bits per heavy atom. The van der Waals surface area contributed by atoms with E-state index in [0.717, 1.165) is 48.3 Å². The van der Waals surface area contributed by atoms with Crippen LogP contribution in [0.3, 0.4) is 0 Å². The summed E-state index contributed by atoms with van der Waals surface area (Å²) >= 11 is 0. The molecular weight excluding hydrogens is 436 g/mol. The van der Waals surface area contributed by atoms with Crippen molar-refractivity contribution in [3.05, 3.63) is 0 Å². The Kier molecular flexibility index (Phi) is 9.77. The Labute approximate surface area is 215 Å². The molecule has 3 fully saturated rings. The molecule has 0 spiro atoms. The summed E-state index contributed by atoms with van der Waals surface area (Å²) in [6, 6.07) is 0. The second kappa shape index (κ2) is 12.0. The third-order valence-electron chi connectivity index (χ3n) is 10.8. The van der Waals surface area contributed by atoms with E-state index in [1.165, 1.54) is 64.2 Å². The summed E-state index contributed by atoms with van der Waals surface area (Å²) in [5, 5.41) is 8.79. The Balaban J connectivity index is 1.57. The number of aliphatic carboxylic acids is 1. The lowest BCUT2D eigenvalue weighted by molar-refractivity contribution is -0.152. The first-order valence-electron chi connectivity index (χ1n) is 14.9. The third-order valence-corrected chi connectivity index (χ3v) is 10.8. The molecule has 0 saturated heterocycles. The first kappa shape index (κ1) is 28.5. The molecule has 4 nitrogen and oxygen atoms in total. The predicted octanol–water partition coefficient (Wildman–Crippen LogP) is 8.27. The summed E-state index contributed by atoms with van der Waals surface area (Å²) in [4.78, 5) is 22.7. The van der Waals surface area contributed by atoms with Crippen LogP contribution in [-0.4, -0.2) is 23.1 Å². The van der Waals surface area contributed by atoms with Crippen LogP contribution in [0.4, 0.5) is 0 Å². The number of carbonyl (C=O) groups excluding carboxylic acids is 1. The van der Waals surface area contributed by atoms with E-state index in [0.29, 0.717) is 10.8 Å². The highest BCUT2D eigenvalue weighted by Gasteiger charge is 2.58. The maximum atomic E-state index is 12.0. The zero-order chi connectivity index (χ0) is 25.8. The second-order valence-electron chi connectivity index (χ2n) is 13.7. The number of carboxylic acids is 1. The lowest BCUT2D eigenvalue weighted by Crippen LogP contribution is -2.49. The summed E-state index contributed by atoms with van der Waals surface area (Å²) in [7, 11) is 0. The van der Waals surface area contributed by atoms with E-state index in [1.54, 1.807) is 0 Å². The minimum absolute atomic E-state index is 0.0288. The Morgan fingerprint density at radius 3 is 2.34 bits per heavy atom. The average Bonchev–Trinajstić information content (AvgIpc) is 3.14. The van der Waals surface area contributed by atoms with E-state index in [2.05, 4.69) is 34.6 Å². The van der Waals surface area contributed by atoms with Gasteiger partial charge < -0.3 is 9.84 Å². The standard InChI is InChI=1S/C31H54O4/c1-21(2)9-7-10-22(3)25-12-13-27-24-11-8-18-30(5,26(24)17-20-31(25,27)6)19-16-23(4)35-29(34)15-14-28(32)33/h21-27H,7-20H2,1-6H3,(H,32,33)/t22-,23+,24+,25-,26-,27-,30-,31-/m1/s1. The zero-order valence-corrected chi connectivity index (χ0v) is 23.6. The van der Waals surface area contributed by atoms with E-state index >= 15 is 0 Å². The lowest BCUT2D eigenvalue weighted by Gasteiger charge is -2.57. The Morgan fingerprint density at radius 1 is 0.914 bits per heavy atom. The van der Waals surface area contributed by atoms with Crippen molar-refractivity contribution >= 4 is 11.9 Å². The lowest BCUT2D eigenvalue weighted by atomic mass is 9.48. The number of ether oxygens (including phenoxy) is 1. The van der Waals surface area contributed by atoms with Crippen LogP contribution >= 0.6 is 0 Å². The second-order valence-corrected chi connectivity index (χ2v) is 13.7. The van der Waals surface area contributed by atoms with Crippen LogP contribution in [0.2, 0.25) is 0 Å². The molecule has 0 unspecified atom stereocenters. The summed E-state index contributed by atoms with van der Waals surface area (Å²) in [6.45, 7) is 14.4. The molecule has 0 amide bonds. The number of fused-ring (bicyclic) bond motifs is 3. The molecule has 3 aliphatic carbocycles. The maximum Gasteiger partial charge on any atom is 0.306 e. The van der Waals surface area contributed by atoms with E-state index in [4.69, 9.17) is 9.84 Å². The molecule has 0 aromatic heterocycles. The smallest absolute Gasteiger partial charge is 0.306 e. The molecule has 3 saturated carbocycles. The monoisotopic (exact) mass is 490 g/mol. The Bertz CT molecular complexity index is 717. The summed E-state index contributed by atoms with van der Waals surface area (Å²) in [6.07, 6.45) is 15.5. The Hall–Kier alpha value is -1.06. The summed E-state index contributed by atoms with van der Waals surface area (Å²) in [5.74, 6) is 3.82. The zero-order valence-electron chi connectivity index (χ0n) is 23.6. The van der Waals surface area contributed by atoms with Crippen molar-refractivity contribution in [2.24, 2.45) is 46.3 Å². The number of carboxylic acid groups (broad SMARTS) is 1. The van der Waals surface area contributed by atoms with Gasteiger partial charge in [0.05, 0.1) is 18.9 Å². The molecule has 3 rings (SSSR count). The highest BCUT2D eigenvalue weighted by molar-refractivity contribution is 5.76. The average molecular weight is 491 g/mol. The van der Waals surface area contributed by atoms with Crippen LogP contribution in [0.25, 0.3) is 0 Å². The summed E-state index contributed by atoms with van der Waals surface area (Å²) < 4.78 is 5.54. The van der Waals surface area contributed by atoms with Gasteiger partial charge in [-0.3, -0.25) is 9.59 Å². The SMILES string of the molecule is CC(C)CCC[C@@H](C)[C@H]1CC[C@@H]2[C@H]3CCC[C@](C)(CC[C@H](C)OC(=O)CCC(=O)O)[C@@H]3CC[C@@]21C. The van der Waals surface area contributed by atoms with Crippen molar-refractivity contribution in [3.63, 3.8) is 0 Å². The molecule has 0 bridgehead atoms. The minimum atomic E-state index is -0.946. The van der Waals surface area contributed by atoms with Crippen LogP contribution in [0.15, 0.2) is 0 Å². The van der Waals surface area contributed by atoms with Crippen LogP contribution in [0.5, 0.6) is 0 Å². The fourth-order valence-corrected chi connectivity index (χ4v) is 8.90. The number of esters is 1. The van der Waals surface area contributed by atoms with Gasteiger partial charge in [-0.05, 0) is 105 Å². The maximum absolute atomic E-state index is 12.0. The van der Waals surface area contributed by atoms with Crippen molar-refractivity contribution < 1.29 is 19.4 Å². The molecule has 3 aliphatic rings. The molecule has 202 valence electrons. The van der Waals surface area contributed by atoms with Gasteiger partial charge >= 0.3 is 11.9 Å². The van der Waals surface area contributed by atoms with Gasteiger partial charge in [0.25, 0.3) is 0 Å². The van der Waals surface area contributed by atoms with Crippen molar-refractivity contribution in [3.8, 4) is 0 Å². The fourth-order valence-electron chi connectivity index (χ4n) is 8.90. The van der Waals surface area contributed by atoms with E-state index in [1.807, 2.05) is 6.92 Å². The van der Waals surface area contributed by atoms with Gasteiger partial charge in [0.1, 0.15) is 0 Å². The number of carbonyl (C=O) groups is 2. The normalized spacial score (nSPS) is 36.3. The molecule has 0 aromatic rings. The van der Waals surface area contributed by atoms with Gasteiger partial charge in [-0.15, -0.1) is 0 Å². The highest BCUT2D eigenvalue weighted by Crippen LogP contribution is 2.66. The van der Waals surface area contributed by atoms with Gasteiger partial charge in [0.15, 0.2) is 0 Å². The van der Waals surface area contributed by atoms with Crippen LogP contribution in [0, 0.1) is 46.3 Å². The first-order valence-corrected chi connectivity index (χ1v) is 14.9. The van der Waals surface area contributed by atoms with Gasteiger partial charge in [-0.25, -0.2) is 0 Å². The van der Waals surface area contributed by atoms with E-state index in [9.17, 15) is 9.59 Å². The van der Waals surface area contributed by atoms with Crippen molar-refractivity contribution in [1.82, 2.24) is 0 Å². The van der Waals surface area contributed by atoms with Gasteiger partial charge in [-0.1, -0.05) is 60.3 Å². The molecular formula is C31H54O4. The van der Waals surface area contributed by atoms with Crippen molar-refractivity contribution in [2.45, 2.75) is 138 Å². The molecule has 4 heteroatoms. The fraction of sp³-hybridized carbons (Fsp3) is 0.935. The predicted molar refractivity (Wildman–Crippen MR) is 142 cm³/mol. The number of rotatable bonds is 12. The molecule has 35 heavy (non-hydrogen) atoms. The van der Waals surface area contributed by atoms with Crippen LogP contribution in [-0.2, 0) is 14.3 Å². The van der Waals surface area contributed by atoms with Crippen molar-refractivity contribution in [1.29, 1.82) is 0 Å². The number of hydrogen-bond acceptors (Lipinski definition) is 3. The van der Waals surface area contributed by atoms with Gasteiger partial charge in [0.2, 0.25) is 0 Å². The van der Waals surface area contributed by atoms with E-state index in [-0.39, 0.29) is 24.9 Å². The third kappa shape index (κ3) is 6.83.